The monoisotopic (exact) mass is 146 g/mol. The van der Waals surface area contributed by atoms with Crippen LogP contribution in [0.1, 0.15) is 19.8 Å². The Morgan fingerprint density at radius 2 is 2.20 bits per heavy atom. The van der Waals surface area contributed by atoms with Crippen molar-refractivity contribution in [2.75, 3.05) is 7.11 Å². The number of aliphatic hydroxyl groups excluding tert-OH is 1. The third-order valence-electron chi connectivity index (χ3n) is 1.78. The number of methoxy groups -OCH3 is 1. The highest BCUT2D eigenvalue weighted by Gasteiger charge is 2.26. The van der Waals surface area contributed by atoms with Crippen LogP contribution in [0.2, 0.25) is 0 Å². The Kier molecular flexibility index (Phi) is 2.65. The first kappa shape index (κ1) is 7.98. The molecule has 1 N–H and O–H groups in total. The number of hydrogen-bond donors (Lipinski definition) is 1. The Morgan fingerprint density at radius 1 is 1.50 bits per heavy atom. The van der Waals surface area contributed by atoms with Gasteiger partial charge in [-0.25, -0.2) is 0 Å². The SMILES string of the molecule is CO[C@@H]1O[C@H](C)CCC1O. The van der Waals surface area contributed by atoms with Gasteiger partial charge in [-0.05, 0) is 19.8 Å². The Bertz CT molecular complexity index is 105. The molecule has 1 aliphatic rings. The molecule has 0 radical (unpaired) electrons. The van der Waals surface area contributed by atoms with E-state index in [1.165, 1.54) is 0 Å². The molecule has 1 saturated heterocycles. The summed E-state index contributed by atoms with van der Waals surface area (Å²) in [5.41, 5.74) is 0. The van der Waals surface area contributed by atoms with Crippen LogP contribution < -0.4 is 0 Å². The molecule has 0 saturated carbocycles. The maximum Gasteiger partial charge on any atom is 0.183 e. The van der Waals surface area contributed by atoms with Crippen LogP contribution >= 0.6 is 0 Å². The van der Waals surface area contributed by atoms with Crippen molar-refractivity contribution in [1.82, 2.24) is 0 Å². The number of ether oxygens (including phenoxy) is 2. The van der Waals surface area contributed by atoms with E-state index in [0.717, 1.165) is 12.8 Å². The standard InChI is InChI=1S/C7H14O3/c1-5-3-4-6(8)7(9-2)10-5/h5-8H,3-4H2,1-2H3/t5-,6?,7-/m1/s1. The van der Waals surface area contributed by atoms with Crippen LogP contribution in [0.4, 0.5) is 0 Å². The summed E-state index contributed by atoms with van der Waals surface area (Å²) in [6.07, 6.45) is 1.05. The van der Waals surface area contributed by atoms with Crippen molar-refractivity contribution in [2.24, 2.45) is 0 Å². The molecular weight excluding hydrogens is 132 g/mol. The van der Waals surface area contributed by atoms with Crippen LogP contribution in [-0.2, 0) is 9.47 Å². The fourth-order valence-electron chi connectivity index (χ4n) is 1.14. The second-order valence-electron chi connectivity index (χ2n) is 2.70. The van der Waals surface area contributed by atoms with Crippen LogP contribution in [-0.4, -0.2) is 30.7 Å². The predicted molar refractivity (Wildman–Crippen MR) is 36.6 cm³/mol. The summed E-state index contributed by atoms with van der Waals surface area (Å²) in [5, 5.41) is 9.24. The van der Waals surface area contributed by atoms with Gasteiger partial charge in [-0.15, -0.1) is 0 Å². The molecule has 3 atom stereocenters. The Labute approximate surface area is 60.9 Å². The number of rotatable bonds is 1. The summed E-state index contributed by atoms with van der Waals surface area (Å²) in [7, 11) is 1.55. The zero-order valence-electron chi connectivity index (χ0n) is 6.41. The van der Waals surface area contributed by atoms with Crippen molar-refractivity contribution in [3.8, 4) is 0 Å². The van der Waals surface area contributed by atoms with Gasteiger partial charge in [-0.1, -0.05) is 0 Å². The van der Waals surface area contributed by atoms with Crippen molar-refractivity contribution >= 4 is 0 Å². The highest BCUT2D eigenvalue weighted by molar-refractivity contribution is 4.69. The molecule has 1 fully saturated rings. The topological polar surface area (TPSA) is 38.7 Å². The summed E-state index contributed by atoms with van der Waals surface area (Å²) in [4.78, 5) is 0. The van der Waals surface area contributed by atoms with Crippen molar-refractivity contribution in [3.05, 3.63) is 0 Å². The minimum Gasteiger partial charge on any atom is -0.388 e. The summed E-state index contributed by atoms with van der Waals surface area (Å²) in [6, 6.07) is 0. The maximum atomic E-state index is 9.24. The lowest BCUT2D eigenvalue weighted by Gasteiger charge is -2.30. The number of hydrogen-bond acceptors (Lipinski definition) is 3. The second-order valence-corrected chi connectivity index (χ2v) is 2.70. The molecule has 0 amide bonds. The first-order valence-corrected chi connectivity index (χ1v) is 3.60. The third-order valence-corrected chi connectivity index (χ3v) is 1.78. The largest absolute Gasteiger partial charge is 0.388 e. The smallest absolute Gasteiger partial charge is 0.183 e. The zero-order chi connectivity index (χ0) is 7.56. The zero-order valence-corrected chi connectivity index (χ0v) is 6.41. The van der Waals surface area contributed by atoms with Gasteiger partial charge < -0.3 is 14.6 Å². The third kappa shape index (κ3) is 1.68. The lowest BCUT2D eigenvalue weighted by molar-refractivity contribution is -0.224. The van der Waals surface area contributed by atoms with Gasteiger partial charge in [0.2, 0.25) is 0 Å². The van der Waals surface area contributed by atoms with Gasteiger partial charge in [0.1, 0.15) is 6.10 Å². The Morgan fingerprint density at radius 3 is 2.70 bits per heavy atom. The summed E-state index contributed by atoms with van der Waals surface area (Å²) >= 11 is 0. The fourth-order valence-corrected chi connectivity index (χ4v) is 1.14. The number of aliphatic hydroxyl groups is 1. The molecule has 0 aliphatic carbocycles. The maximum absolute atomic E-state index is 9.24. The molecule has 0 bridgehead atoms. The van der Waals surface area contributed by atoms with Gasteiger partial charge in [-0.3, -0.25) is 0 Å². The molecule has 1 unspecified atom stereocenters. The van der Waals surface area contributed by atoms with Gasteiger partial charge >= 0.3 is 0 Å². The summed E-state index contributed by atoms with van der Waals surface area (Å²) in [6.45, 7) is 1.98. The van der Waals surface area contributed by atoms with Gasteiger partial charge in [0, 0.05) is 7.11 Å². The van der Waals surface area contributed by atoms with E-state index in [0.29, 0.717) is 0 Å². The molecule has 1 aliphatic heterocycles. The second kappa shape index (κ2) is 3.32. The van der Waals surface area contributed by atoms with E-state index < -0.39 is 12.4 Å². The lowest BCUT2D eigenvalue weighted by Crippen LogP contribution is -2.38. The minimum atomic E-state index is -0.443. The van der Waals surface area contributed by atoms with Crippen molar-refractivity contribution < 1.29 is 14.6 Å². The van der Waals surface area contributed by atoms with E-state index in [2.05, 4.69) is 0 Å². The molecule has 10 heavy (non-hydrogen) atoms. The van der Waals surface area contributed by atoms with E-state index in [1.807, 2.05) is 6.92 Å². The highest BCUT2D eigenvalue weighted by atomic mass is 16.7. The summed E-state index contributed by atoms with van der Waals surface area (Å²) in [5.74, 6) is 0. The normalized spacial score (nSPS) is 41.7. The fraction of sp³-hybridized carbons (Fsp3) is 1.00. The van der Waals surface area contributed by atoms with Crippen LogP contribution in [0.15, 0.2) is 0 Å². The van der Waals surface area contributed by atoms with Gasteiger partial charge in [0.05, 0.1) is 6.10 Å². The van der Waals surface area contributed by atoms with E-state index >= 15 is 0 Å². The van der Waals surface area contributed by atoms with Crippen LogP contribution in [0.25, 0.3) is 0 Å². The molecule has 3 heteroatoms. The molecule has 1 heterocycles. The molecular formula is C7H14O3. The van der Waals surface area contributed by atoms with Crippen molar-refractivity contribution in [2.45, 2.75) is 38.3 Å². The van der Waals surface area contributed by atoms with Gasteiger partial charge in [0.25, 0.3) is 0 Å². The molecule has 3 nitrogen and oxygen atoms in total. The molecule has 0 aromatic rings. The molecule has 0 aromatic heterocycles. The highest BCUT2D eigenvalue weighted by Crippen LogP contribution is 2.19. The van der Waals surface area contributed by atoms with Crippen LogP contribution in [0, 0.1) is 0 Å². The van der Waals surface area contributed by atoms with E-state index in [4.69, 9.17) is 9.47 Å². The van der Waals surface area contributed by atoms with Crippen molar-refractivity contribution in [1.29, 1.82) is 0 Å². The van der Waals surface area contributed by atoms with Crippen LogP contribution in [0.5, 0.6) is 0 Å². The van der Waals surface area contributed by atoms with E-state index in [1.54, 1.807) is 7.11 Å². The Balaban J connectivity index is 2.38. The molecule has 0 aromatic carbocycles. The van der Waals surface area contributed by atoms with E-state index in [-0.39, 0.29) is 6.10 Å². The van der Waals surface area contributed by atoms with Crippen molar-refractivity contribution in [3.63, 3.8) is 0 Å². The average Bonchev–Trinajstić information content (AvgIpc) is 1.94. The van der Waals surface area contributed by atoms with Crippen LogP contribution in [0.3, 0.4) is 0 Å². The first-order valence-electron chi connectivity index (χ1n) is 3.60. The molecule has 0 spiro atoms. The molecule has 60 valence electrons. The van der Waals surface area contributed by atoms with E-state index in [9.17, 15) is 5.11 Å². The first-order chi connectivity index (χ1) is 4.74. The van der Waals surface area contributed by atoms with Gasteiger partial charge in [-0.2, -0.15) is 0 Å². The Hall–Kier alpha value is -0.120. The quantitative estimate of drug-likeness (QED) is 0.586. The average molecular weight is 146 g/mol. The van der Waals surface area contributed by atoms with Gasteiger partial charge in [0.15, 0.2) is 6.29 Å². The molecule has 1 rings (SSSR count). The lowest BCUT2D eigenvalue weighted by atomic mass is 10.1. The minimum absolute atomic E-state index is 0.216. The summed E-state index contributed by atoms with van der Waals surface area (Å²) < 4.78 is 10.2. The predicted octanol–water partition coefficient (Wildman–Crippen LogP) is 0.519.